The lowest BCUT2D eigenvalue weighted by Crippen LogP contribution is -2.29. The maximum absolute atomic E-state index is 12.4. The van der Waals surface area contributed by atoms with Crippen LogP contribution in [0.4, 0.5) is 5.69 Å². The first-order valence-electron chi connectivity index (χ1n) is 6.29. The molecule has 0 aromatic heterocycles. The highest BCUT2D eigenvalue weighted by molar-refractivity contribution is 5.96. The van der Waals surface area contributed by atoms with Crippen molar-refractivity contribution in [1.82, 2.24) is 4.90 Å². The van der Waals surface area contributed by atoms with Crippen LogP contribution in [0.2, 0.25) is 0 Å². The molecule has 4 heteroatoms. The van der Waals surface area contributed by atoms with Crippen LogP contribution in [0.5, 0.6) is 0 Å². The lowest BCUT2D eigenvalue weighted by Gasteiger charge is -2.18. The maximum atomic E-state index is 12.4. The molecule has 98 valence electrons. The number of hydrogen-bond acceptors (Lipinski definition) is 3. The van der Waals surface area contributed by atoms with Gasteiger partial charge in [0.25, 0.3) is 5.91 Å². The molecule has 1 aromatic carbocycles. The average Bonchev–Trinajstić information content (AvgIpc) is 2.81. The summed E-state index contributed by atoms with van der Waals surface area (Å²) in [6, 6.07) is 3.71. The van der Waals surface area contributed by atoms with Gasteiger partial charge in [0.15, 0.2) is 0 Å². The molecule has 1 fully saturated rings. The van der Waals surface area contributed by atoms with Crippen LogP contribution in [-0.2, 0) is 0 Å². The van der Waals surface area contributed by atoms with Gasteiger partial charge in [-0.3, -0.25) is 4.79 Å². The molecule has 0 aliphatic carbocycles. The van der Waals surface area contributed by atoms with Crippen LogP contribution in [0.1, 0.15) is 27.9 Å². The first-order chi connectivity index (χ1) is 8.52. The van der Waals surface area contributed by atoms with E-state index in [0.29, 0.717) is 17.8 Å². The molecule has 1 aromatic rings. The number of nitrogen functional groups attached to an aromatic ring is 1. The van der Waals surface area contributed by atoms with Crippen LogP contribution in [0.15, 0.2) is 12.1 Å². The van der Waals surface area contributed by atoms with Crippen molar-refractivity contribution in [2.24, 2.45) is 5.92 Å². The van der Waals surface area contributed by atoms with Gasteiger partial charge in [-0.2, -0.15) is 0 Å². The lowest BCUT2D eigenvalue weighted by atomic mass is 10.0. The number of likely N-dealkylation sites (tertiary alicyclic amines) is 1. The van der Waals surface area contributed by atoms with Gasteiger partial charge in [-0.05, 0) is 37.5 Å². The summed E-state index contributed by atoms with van der Waals surface area (Å²) in [4.78, 5) is 14.2. The molecule has 4 nitrogen and oxygen atoms in total. The summed E-state index contributed by atoms with van der Waals surface area (Å²) in [6.07, 6.45) is 0.878. The number of aliphatic hydroxyl groups is 1. The third-order valence-electron chi connectivity index (χ3n) is 3.67. The number of hydrogen-bond donors (Lipinski definition) is 2. The molecule has 1 saturated heterocycles. The number of rotatable bonds is 2. The van der Waals surface area contributed by atoms with Gasteiger partial charge in [0.2, 0.25) is 0 Å². The highest BCUT2D eigenvalue weighted by Gasteiger charge is 2.27. The van der Waals surface area contributed by atoms with Gasteiger partial charge in [0.1, 0.15) is 0 Å². The van der Waals surface area contributed by atoms with E-state index in [0.717, 1.165) is 24.1 Å². The van der Waals surface area contributed by atoms with Crippen molar-refractivity contribution in [1.29, 1.82) is 0 Å². The van der Waals surface area contributed by atoms with Crippen molar-refractivity contribution in [2.45, 2.75) is 20.3 Å². The number of amides is 1. The van der Waals surface area contributed by atoms with Crippen molar-refractivity contribution < 1.29 is 9.90 Å². The molecule has 2 rings (SSSR count). The zero-order valence-corrected chi connectivity index (χ0v) is 10.9. The Morgan fingerprint density at radius 2 is 2.17 bits per heavy atom. The Morgan fingerprint density at radius 3 is 2.78 bits per heavy atom. The predicted octanol–water partition coefficient (Wildman–Crippen LogP) is 1.34. The summed E-state index contributed by atoms with van der Waals surface area (Å²) in [5.74, 6) is 0.243. The van der Waals surface area contributed by atoms with E-state index in [4.69, 9.17) is 10.8 Å². The molecular weight excluding hydrogens is 228 g/mol. The molecule has 1 aliphatic heterocycles. The van der Waals surface area contributed by atoms with Gasteiger partial charge in [-0.15, -0.1) is 0 Å². The van der Waals surface area contributed by atoms with E-state index >= 15 is 0 Å². The maximum Gasteiger partial charge on any atom is 0.254 e. The van der Waals surface area contributed by atoms with Crippen molar-refractivity contribution in [3.05, 3.63) is 28.8 Å². The summed E-state index contributed by atoms with van der Waals surface area (Å²) in [5, 5.41) is 9.11. The third kappa shape index (κ3) is 2.34. The van der Waals surface area contributed by atoms with Gasteiger partial charge in [-0.1, -0.05) is 6.07 Å². The Morgan fingerprint density at radius 1 is 1.44 bits per heavy atom. The molecule has 18 heavy (non-hydrogen) atoms. The van der Waals surface area contributed by atoms with Crippen molar-refractivity contribution >= 4 is 11.6 Å². The number of aliphatic hydroxyl groups excluding tert-OH is 1. The molecule has 1 aliphatic rings. The highest BCUT2D eigenvalue weighted by Crippen LogP contribution is 2.23. The fraction of sp³-hybridized carbons (Fsp3) is 0.500. The smallest absolute Gasteiger partial charge is 0.254 e. The van der Waals surface area contributed by atoms with Gasteiger partial charge >= 0.3 is 0 Å². The SMILES string of the molecule is Cc1cc(C)c(C(=O)N2CCC(CO)C2)cc1N. The van der Waals surface area contributed by atoms with Crippen LogP contribution in [-0.4, -0.2) is 35.6 Å². The Bertz CT molecular complexity index is 471. The summed E-state index contributed by atoms with van der Waals surface area (Å²) in [5.41, 5.74) is 9.16. The van der Waals surface area contributed by atoms with Crippen LogP contribution in [0, 0.1) is 19.8 Å². The van der Waals surface area contributed by atoms with Gasteiger partial charge < -0.3 is 15.7 Å². The molecule has 0 bridgehead atoms. The minimum atomic E-state index is 0.0233. The Labute approximate surface area is 107 Å². The Kier molecular flexibility index (Phi) is 3.57. The molecule has 3 N–H and O–H groups in total. The Balaban J connectivity index is 2.22. The number of aryl methyl sites for hydroxylation is 2. The monoisotopic (exact) mass is 248 g/mol. The van der Waals surface area contributed by atoms with E-state index in [2.05, 4.69) is 0 Å². The number of nitrogens with two attached hydrogens (primary N) is 1. The van der Waals surface area contributed by atoms with E-state index in [-0.39, 0.29) is 18.4 Å². The summed E-state index contributed by atoms with van der Waals surface area (Å²) in [7, 11) is 0. The second kappa shape index (κ2) is 4.98. The van der Waals surface area contributed by atoms with E-state index in [1.165, 1.54) is 0 Å². The van der Waals surface area contributed by atoms with Crippen molar-refractivity contribution in [3.63, 3.8) is 0 Å². The minimum absolute atomic E-state index is 0.0233. The molecule has 0 radical (unpaired) electrons. The fourth-order valence-corrected chi connectivity index (χ4v) is 2.44. The second-order valence-electron chi connectivity index (χ2n) is 5.11. The van der Waals surface area contributed by atoms with E-state index in [1.54, 1.807) is 11.0 Å². The quantitative estimate of drug-likeness (QED) is 0.776. The second-order valence-corrected chi connectivity index (χ2v) is 5.11. The minimum Gasteiger partial charge on any atom is -0.398 e. The first-order valence-corrected chi connectivity index (χ1v) is 6.29. The number of nitrogens with zero attached hydrogens (tertiary/aromatic N) is 1. The number of carbonyl (C=O) groups excluding carboxylic acids is 1. The van der Waals surface area contributed by atoms with Gasteiger partial charge in [-0.25, -0.2) is 0 Å². The zero-order chi connectivity index (χ0) is 13.3. The molecule has 1 atom stereocenters. The molecule has 1 heterocycles. The topological polar surface area (TPSA) is 66.6 Å². The van der Waals surface area contributed by atoms with E-state index < -0.39 is 0 Å². The normalized spacial score (nSPS) is 19.3. The van der Waals surface area contributed by atoms with Crippen LogP contribution >= 0.6 is 0 Å². The van der Waals surface area contributed by atoms with Gasteiger partial charge in [0.05, 0.1) is 0 Å². The Hall–Kier alpha value is -1.55. The van der Waals surface area contributed by atoms with E-state index in [9.17, 15) is 4.79 Å². The standard InChI is InChI=1S/C14H20N2O2/c1-9-5-10(2)13(15)6-12(9)14(18)16-4-3-11(7-16)8-17/h5-6,11,17H,3-4,7-8,15H2,1-2H3. The molecule has 1 unspecified atom stereocenters. The predicted molar refractivity (Wildman–Crippen MR) is 71.4 cm³/mol. The molecule has 0 saturated carbocycles. The number of benzene rings is 1. The van der Waals surface area contributed by atoms with E-state index in [1.807, 2.05) is 19.9 Å². The molecule has 1 amide bonds. The summed E-state index contributed by atoms with van der Waals surface area (Å²) >= 11 is 0. The fourth-order valence-electron chi connectivity index (χ4n) is 2.44. The first kappa shape index (κ1) is 12.9. The third-order valence-corrected chi connectivity index (χ3v) is 3.67. The largest absolute Gasteiger partial charge is 0.398 e. The lowest BCUT2D eigenvalue weighted by molar-refractivity contribution is 0.0781. The molecular formula is C14H20N2O2. The van der Waals surface area contributed by atoms with Crippen molar-refractivity contribution in [3.8, 4) is 0 Å². The van der Waals surface area contributed by atoms with Crippen molar-refractivity contribution in [2.75, 3.05) is 25.4 Å². The molecule has 0 spiro atoms. The highest BCUT2D eigenvalue weighted by atomic mass is 16.3. The van der Waals surface area contributed by atoms with Crippen LogP contribution < -0.4 is 5.73 Å². The summed E-state index contributed by atoms with van der Waals surface area (Å²) in [6.45, 7) is 5.38. The van der Waals surface area contributed by atoms with Gasteiger partial charge in [0, 0.05) is 36.9 Å². The van der Waals surface area contributed by atoms with Crippen LogP contribution in [0.3, 0.4) is 0 Å². The number of anilines is 1. The number of carbonyl (C=O) groups is 1. The zero-order valence-electron chi connectivity index (χ0n) is 10.9. The summed E-state index contributed by atoms with van der Waals surface area (Å²) < 4.78 is 0. The van der Waals surface area contributed by atoms with Crippen LogP contribution in [0.25, 0.3) is 0 Å². The average molecular weight is 248 g/mol.